The Labute approximate surface area is 145 Å². The highest BCUT2D eigenvalue weighted by Crippen LogP contribution is 2.21. The molecule has 2 rings (SSSR count). The summed E-state index contributed by atoms with van der Waals surface area (Å²) < 4.78 is 2.06. The minimum absolute atomic E-state index is 0.632. The van der Waals surface area contributed by atoms with Gasteiger partial charge in [-0.05, 0) is 43.7 Å². The van der Waals surface area contributed by atoms with Crippen LogP contribution in [0.15, 0.2) is 42.5 Å². The van der Waals surface area contributed by atoms with Crippen molar-refractivity contribution >= 4 is 23.8 Å². The maximum absolute atomic E-state index is 11.9. The zero-order valence-electron chi connectivity index (χ0n) is 14.0. The third kappa shape index (κ3) is 4.14. The van der Waals surface area contributed by atoms with E-state index in [9.17, 15) is 14.4 Å². The first-order chi connectivity index (χ1) is 11.8. The molecule has 130 valence electrons. The zero-order valence-corrected chi connectivity index (χ0v) is 14.0. The second kappa shape index (κ2) is 7.48. The van der Waals surface area contributed by atoms with Crippen molar-refractivity contribution in [1.29, 1.82) is 0 Å². The number of nitrogens with two attached hydrogens (primary N) is 2. The lowest BCUT2D eigenvalue weighted by Gasteiger charge is -2.10. The molecule has 0 unspecified atom stereocenters. The number of rotatable bonds is 6. The van der Waals surface area contributed by atoms with Gasteiger partial charge in [0, 0.05) is 23.2 Å². The number of benzene rings is 1. The van der Waals surface area contributed by atoms with Crippen molar-refractivity contribution in [2.75, 3.05) is 0 Å². The molecule has 0 aliphatic heterocycles. The Kier molecular flexibility index (Phi) is 5.38. The van der Waals surface area contributed by atoms with Gasteiger partial charge in [0.05, 0.1) is 0 Å². The molecule has 25 heavy (non-hydrogen) atoms. The van der Waals surface area contributed by atoms with Crippen molar-refractivity contribution in [3.05, 3.63) is 59.4 Å². The predicted molar refractivity (Wildman–Crippen MR) is 94.6 cm³/mol. The molecule has 0 bridgehead atoms. The van der Waals surface area contributed by atoms with Crippen molar-refractivity contribution in [3.63, 3.8) is 0 Å². The zero-order chi connectivity index (χ0) is 18.6. The lowest BCUT2D eigenvalue weighted by atomic mass is 10.2. The van der Waals surface area contributed by atoms with Crippen molar-refractivity contribution in [3.8, 4) is 5.69 Å². The fraction of sp³-hybridized carbons (Fsp3) is 0.167. The van der Waals surface area contributed by atoms with Crippen LogP contribution in [0.5, 0.6) is 0 Å². The minimum Gasteiger partial charge on any atom is -0.367 e. The Morgan fingerprint density at radius 3 is 2.24 bits per heavy atom. The summed E-state index contributed by atoms with van der Waals surface area (Å²) in [5, 5.41) is 2.18. The van der Waals surface area contributed by atoms with Crippen LogP contribution in [0.25, 0.3) is 11.8 Å². The number of hydrogen-bond acceptors (Lipinski definition) is 3. The van der Waals surface area contributed by atoms with E-state index in [0.717, 1.165) is 22.6 Å². The van der Waals surface area contributed by atoms with Crippen molar-refractivity contribution in [1.82, 2.24) is 9.88 Å². The van der Waals surface area contributed by atoms with Crippen LogP contribution in [0.1, 0.15) is 17.0 Å². The third-order valence-electron chi connectivity index (χ3n) is 3.75. The smallest absolute Gasteiger partial charge is 0.249 e. The van der Waals surface area contributed by atoms with Crippen molar-refractivity contribution in [2.45, 2.75) is 19.9 Å². The summed E-state index contributed by atoms with van der Waals surface area (Å²) in [7, 11) is 0. The fourth-order valence-corrected chi connectivity index (χ4v) is 2.57. The molecule has 0 aliphatic rings. The second-order valence-electron chi connectivity index (χ2n) is 5.58. The number of aryl methyl sites for hydroxylation is 1. The molecule has 5 N–H and O–H groups in total. The van der Waals surface area contributed by atoms with E-state index in [1.807, 2.05) is 50.2 Å². The number of para-hydroxylation sites is 1. The molecule has 0 atom stereocenters. The number of amides is 3. The van der Waals surface area contributed by atoms with Gasteiger partial charge in [-0.15, -0.1) is 0 Å². The standard InChI is InChI=1S/C18H20N4O3/c1-11-10-13(12(2)22(11)14-6-4-3-5-7-14)8-9-15(23)21-16(17(19)24)18(20)25/h3-10,16H,1-2H3,(H2,19,24)(H2,20,25)(H,21,23)/b9-8+. The molecule has 1 heterocycles. The average Bonchev–Trinajstić information content (AvgIpc) is 2.84. The Hall–Kier alpha value is -3.35. The van der Waals surface area contributed by atoms with Gasteiger partial charge in [0.1, 0.15) is 0 Å². The lowest BCUT2D eigenvalue weighted by Crippen LogP contribution is -2.52. The molecule has 7 nitrogen and oxygen atoms in total. The molecule has 0 saturated heterocycles. The first-order valence-electron chi connectivity index (χ1n) is 7.63. The van der Waals surface area contributed by atoms with Gasteiger partial charge < -0.3 is 21.4 Å². The summed E-state index contributed by atoms with van der Waals surface area (Å²) in [5.74, 6) is -2.64. The molecule has 1 aromatic heterocycles. The highest BCUT2D eigenvalue weighted by atomic mass is 16.2. The summed E-state index contributed by atoms with van der Waals surface area (Å²) in [4.78, 5) is 34.1. The van der Waals surface area contributed by atoms with E-state index >= 15 is 0 Å². The largest absolute Gasteiger partial charge is 0.367 e. The van der Waals surface area contributed by atoms with Gasteiger partial charge >= 0.3 is 0 Å². The number of primary amides is 2. The number of carbonyl (C=O) groups excluding carboxylic acids is 3. The topological polar surface area (TPSA) is 120 Å². The monoisotopic (exact) mass is 340 g/mol. The molecule has 3 amide bonds. The Balaban J connectivity index is 2.21. The lowest BCUT2D eigenvalue weighted by molar-refractivity contribution is -0.132. The molecule has 0 saturated carbocycles. The molecule has 7 heteroatoms. The van der Waals surface area contributed by atoms with Gasteiger partial charge in [0.25, 0.3) is 0 Å². The maximum Gasteiger partial charge on any atom is 0.249 e. The van der Waals surface area contributed by atoms with E-state index in [0.29, 0.717) is 0 Å². The molecule has 0 fully saturated rings. The van der Waals surface area contributed by atoms with E-state index < -0.39 is 23.8 Å². The minimum atomic E-state index is -1.53. The van der Waals surface area contributed by atoms with Crippen LogP contribution in [-0.4, -0.2) is 28.3 Å². The van der Waals surface area contributed by atoms with E-state index in [4.69, 9.17) is 11.5 Å². The molecule has 0 spiro atoms. The summed E-state index contributed by atoms with van der Waals surface area (Å²) in [6.07, 6.45) is 2.84. The SMILES string of the molecule is Cc1cc(/C=C/C(=O)NC(C(N)=O)C(N)=O)c(C)n1-c1ccccc1. The van der Waals surface area contributed by atoms with Gasteiger partial charge in [-0.1, -0.05) is 18.2 Å². The van der Waals surface area contributed by atoms with Crippen LogP contribution in [0.2, 0.25) is 0 Å². The Morgan fingerprint density at radius 2 is 1.68 bits per heavy atom. The van der Waals surface area contributed by atoms with E-state index in [-0.39, 0.29) is 0 Å². The van der Waals surface area contributed by atoms with Gasteiger partial charge in [0.15, 0.2) is 6.04 Å². The number of hydrogen-bond donors (Lipinski definition) is 3. The number of aromatic nitrogens is 1. The molecule has 0 radical (unpaired) electrons. The van der Waals surface area contributed by atoms with E-state index in [1.165, 1.54) is 6.08 Å². The third-order valence-corrected chi connectivity index (χ3v) is 3.75. The summed E-state index contributed by atoms with van der Waals surface area (Å²) >= 11 is 0. The summed E-state index contributed by atoms with van der Waals surface area (Å²) in [5.41, 5.74) is 13.9. The van der Waals surface area contributed by atoms with Crippen LogP contribution in [0, 0.1) is 13.8 Å². The second-order valence-corrected chi connectivity index (χ2v) is 5.58. The molecule has 2 aromatic rings. The van der Waals surface area contributed by atoms with Crippen LogP contribution in [-0.2, 0) is 14.4 Å². The van der Waals surface area contributed by atoms with Gasteiger partial charge in [-0.25, -0.2) is 0 Å². The first-order valence-corrected chi connectivity index (χ1v) is 7.63. The predicted octanol–water partition coefficient (Wildman–Crippen LogP) is 0.563. The Morgan fingerprint density at radius 1 is 1.08 bits per heavy atom. The Bertz CT molecular complexity index is 824. The van der Waals surface area contributed by atoms with Crippen LogP contribution < -0.4 is 16.8 Å². The van der Waals surface area contributed by atoms with Gasteiger partial charge in [0.2, 0.25) is 17.7 Å². The van der Waals surface area contributed by atoms with E-state index in [2.05, 4.69) is 9.88 Å². The molecule has 0 aliphatic carbocycles. The fourth-order valence-electron chi connectivity index (χ4n) is 2.57. The van der Waals surface area contributed by atoms with Gasteiger partial charge in [-0.2, -0.15) is 0 Å². The van der Waals surface area contributed by atoms with Gasteiger partial charge in [-0.3, -0.25) is 14.4 Å². The normalized spacial score (nSPS) is 11.0. The number of carbonyl (C=O) groups is 3. The summed E-state index contributed by atoms with van der Waals surface area (Å²) in [6, 6.07) is 10.2. The van der Waals surface area contributed by atoms with Crippen molar-refractivity contribution < 1.29 is 14.4 Å². The highest BCUT2D eigenvalue weighted by molar-refractivity contribution is 6.07. The molecular formula is C18H20N4O3. The number of nitrogens with zero attached hydrogens (tertiary/aromatic N) is 1. The molecular weight excluding hydrogens is 320 g/mol. The first kappa shape index (κ1) is 18.0. The van der Waals surface area contributed by atoms with Crippen molar-refractivity contribution in [2.24, 2.45) is 11.5 Å². The van der Waals surface area contributed by atoms with Crippen LogP contribution in [0.4, 0.5) is 0 Å². The van der Waals surface area contributed by atoms with Crippen LogP contribution >= 0.6 is 0 Å². The molecule has 1 aromatic carbocycles. The average molecular weight is 340 g/mol. The number of nitrogens with one attached hydrogen (secondary N) is 1. The summed E-state index contributed by atoms with van der Waals surface area (Å²) in [6.45, 7) is 3.90. The maximum atomic E-state index is 11.9. The van der Waals surface area contributed by atoms with E-state index in [1.54, 1.807) is 6.08 Å². The van der Waals surface area contributed by atoms with Crippen LogP contribution in [0.3, 0.4) is 0 Å². The quantitative estimate of drug-likeness (QED) is 0.526. The highest BCUT2D eigenvalue weighted by Gasteiger charge is 2.22.